The molecule has 0 atom stereocenters. The van der Waals surface area contributed by atoms with Crippen molar-refractivity contribution in [3.63, 3.8) is 0 Å². The van der Waals surface area contributed by atoms with Crippen molar-refractivity contribution in [1.29, 1.82) is 0 Å². The predicted molar refractivity (Wildman–Crippen MR) is 61.6 cm³/mol. The Balaban J connectivity index is 2.25. The Kier molecular flexibility index (Phi) is 4.74. The van der Waals surface area contributed by atoms with Crippen molar-refractivity contribution < 1.29 is 19.1 Å². The first kappa shape index (κ1) is 13.8. The first-order valence-electron chi connectivity index (χ1n) is 5.71. The van der Waals surface area contributed by atoms with Gasteiger partial charge in [-0.3, -0.25) is 4.79 Å². The van der Waals surface area contributed by atoms with E-state index in [4.69, 9.17) is 9.47 Å². The number of hydrogen-bond acceptors (Lipinski definition) is 4. The van der Waals surface area contributed by atoms with Crippen molar-refractivity contribution in [2.45, 2.75) is 26.4 Å². The molecular formula is C11H20N2O4. The molecule has 1 fully saturated rings. The molecular weight excluding hydrogens is 224 g/mol. The monoisotopic (exact) mass is 244 g/mol. The Bertz CT molecular complexity index is 280. The van der Waals surface area contributed by atoms with Crippen molar-refractivity contribution in [3.05, 3.63) is 0 Å². The fraction of sp³-hybridized carbons (Fsp3) is 0.818. The van der Waals surface area contributed by atoms with Crippen LogP contribution in [0.15, 0.2) is 0 Å². The van der Waals surface area contributed by atoms with Gasteiger partial charge in [-0.2, -0.15) is 0 Å². The summed E-state index contributed by atoms with van der Waals surface area (Å²) in [4.78, 5) is 24.7. The second kappa shape index (κ2) is 5.86. The average Bonchev–Trinajstić information content (AvgIpc) is 2.25. The van der Waals surface area contributed by atoms with Crippen molar-refractivity contribution in [2.75, 3.05) is 32.8 Å². The van der Waals surface area contributed by atoms with Gasteiger partial charge in [-0.05, 0) is 20.8 Å². The SMILES string of the molecule is CC(C)(C)OC(=O)NCC(=O)N1CCOCC1. The maximum atomic E-state index is 11.7. The minimum Gasteiger partial charge on any atom is -0.444 e. The van der Waals surface area contributed by atoms with E-state index in [2.05, 4.69) is 5.32 Å². The molecule has 98 valence electrons. The standard InChI is InChI=1S/C11H20N2O4/c1-11(2,3)17-10(15)12-8-9(14)13-4-6-16-7-5-13/h4-8H2,1-3H3,(H,12,15). The molecule has 0 aromatic carbocycles. The molecule has 0 spiro atoms. The summed E-state index contributed by atoms with van der Waals surface area (Å²) in [7, 11) is 0. The second-order valence-corrected chi connectivity index (χ2v) is 4.85. The number of hydrogen-bond donors (Lipinski definition) is 1. The van der Waals surface area contributed by atoms with Crippen LogP contribution in [0, 0.1) is 0 Å². The van der Waals surface area contributed by atoms with Crippen LogP contribution in [0.25, 0.3) is 0 Å². The summed E-state index contributed by atoms with van der Waals surface area (Å²) in [5, 5.41) is 2.44. The van der Waals surface area contributed by atoms with Crippen LogP contribution in [0.4, 0.5) is 4.79 Å². The third-order valence-electron chi connectivity index (χ3n) is 2.15. The highest BCUT2D eigenvalue weighted by molar-refractivity contribution is 5.82. The molecule has 6 nitrogen and oxygen atoms in total. The number of nitrogens with zero attached hydrogens (tertiary/aromatic N) is 1. The molecule has 0 radical (unpaired) electrons. The second-order valence-electron chi connectivity index (χ2n) is 4.85. The summed E-state index contributed by atoms with van der Waals surface area (Å²) in [6, 6.07) is 0. The minimum atomic E-state index is -0.570. The van der Waals surface area contributed by atoms with Gasteiger partial charge in [0.25, 0.3) is 0 Å². The molecule has 0 aliphatic carbocycles. The molecule has 1 N–H and O–H groups in total. The highest BCUT2D eigenvalue weighted by Crippen LogP contribution is 2.06. The summed E-state index contributed by atoms with van der Waals surface area (Å²) in [6.45, 7) is 7.55. The Labute approximate surface area is 101 Å². The highest BCUT2D eigenvalue weighted by Gasteiger charge is 2.19. The van der Waals surface area contributed by atoms with Crippen LogP contribution in [0.5, 0.6) is 0 Å². The van der Waals surface area contributed by atoms with Gasteiger partial charge in [0.05, 0.1) is 13.2 Å². The average molecular weight is 244 g/mol. The number of rotatable bonds is 2. The third kappa shape index (κ3) is 5.53. The van der Waals surface area contributed by atoms with Crippen LogP contribution >= 0.6 is 0 Å². The fourth-order valence-corrected chi connectivity index (χ4v) is 1.39. The van der Waals surface area contributed by atoms with Gasteiger partial charge in [0.1, 0.15) is 12.1 Å². The van der Waals surface area contributed by atoms with E-state index >= 15 is 0 Å². The largest absolute Gasteiger partial charge is 0.444 e. The van der Waals surface area contributed by atoms with Crippen molar-refractivity contribution in [3.8, 4) is 0 Å². The van der Waals surface area contributed by atoms with Gasteiger partial charge in [-0.15, -0.1) is 0 Å². The van der Waals surface area contributed by atoms with Gasteiger partial charge in [-0.25, -0.2) is 4.79 Å². The maximum absolute atomic E-state index is 11.7. The number of nitrogens with one attached hydrogen (secondary N) is 1. The van der Waals surface area contributed by atoms with E-state index in [-0.39, 0.29) is 12.5 Å². The number of ether oxygens (including phenoxy) is 2. The lowest BCUT2D eigenvalue weighted by Crippen LogP contribution is -2.46. The van der Waals surface area contributed by atoms with Crippen LogP contribution in [0.1, 0.15) is 20.8 Å². The smallest absolute Gasteiger partial charge is 0.408 e. The molecule has 0 aromatic heterocycles. The third-order valence-corrected chi connectivity index (χ3v) is 2.15. The first-order chi connectivity index (χ1) is 7.88. The van der Waals surface area contributed by atoms with Crippen LogP contribution in [-0.4, -0.2) is 55.3 Å². The molecule has 0 unspecified atom stereocenters. The van der Waals surface area contributed by atoms with E-state index in [0.29, 0.717) is 26.3 Å². The van der Waals surface area contributed by atoms with E-state index in [9.17, 15) is 9.59 Å². The van der Waals surface area contributed by atoms with Crippen LogP contribution in [0.3, 0.4) is 0 Å². The molecule has 0 saturated carbocycles. The van der Waals surface area contributed by atoms with Crippen molar-refractivity contribution in [2.24, 2.45) is 0 Å². The topological polar surface area (TPSA) is 67.9 Å². The van der Waals surface area contributed by atoms with E-state index in [1.54, 1.807) is 25.7 Å². The van der Waals surface area contributed by atoms with Gasteiger partial charge in [0, 0.05) is 13.1 Å². The molecule has 2 amide bonds. The van der Waals surface area contributed by atoms with E-state index in [0.717, 1.165) is 0 Å². The summed E-state index contributed by atoms with van der Waals surface area (Å²) in [5.74, 6) is -0.112. The number of carbonyl (C=O) groups excluding carboxylic acids is 2. The molecule has 0 bridgehead atoms. The molecule has 1 rings (SSSR count). The fourth-order valence-electron chi connectivity index (χ4n) is 1.39. The van der Waals surface area contributed by atoms with Crippen LogP contribution in [0.2, 0.25) is 0 Å². The summed E-state index contributed by atoms with van der Waals surface area (Å²) in [5.41, 5.74) is -0.550. The number of alkyl carbamates (subject to hydrolysis) is 1. The summed E-state index contributed by atoms with van der Waals surface area (Å²) >= 11 is 0. The Morgan fingerprint density at radius 2 is 1.88 bits per heavy atom. The molecule has 17 heavy (non-hydrogen) atoms. The molecule has 1 heterocycles. The van der Waals surface area contributed by atoms with E-state index in [1.165, 1.54) is 0 Å². The first-order valence-corrected chi connectivity index (χ1v) is 5.71. The van der Waals surface area contributed by atoms with Gasteiger partial charge in [0.2, 0.25) is 5.91 Å². The van der Waals surface area contributed by atoms with Crippen LogP contribution < -0.4 is 5.32 Å². The number of amides is 2. The zero-order valence-corrected chi connectivity index (χ0v) is 10.6. The van der Waals surface area contributed by atoms with E-state index < -0.39 is 11.7 Å². The van der Waals surface area contributed by atoms with Gasteiger partial charge in [0.15, 0.2) is 0 Å². The Morgan fingerprint density at radius 1 is 1.29 bits per heavy atom. The highest BCUT2D eigenvalue weighted by atomic mass is 16.6. The normalized spacial score (nSPS) is 16.5. The lowest BCUT2D eigenvalue weighted by molar-refractivity contribution is -0.134. The molecule has 1 aliphatic heterocycles. The molecule has 0 aromatic rings. The number of carbonyl (C=O) groups is 2. The van der Waals surface area contributed by atoms with Gasteiger partial charge < -0.3 is 19.7 Å². The Morgan fingerprint density at radius 3 is 2.41 bits per heavy atom. The maximum Gasteiger partial charge on any atom is 0.408 e. The van der Waals surface area contributed by atoms with Crippen molar-refractivity contribution in [1.82, 2.24) is 10.2 Å². The van der Waals surface area contributed by atoms with Gasteiger partial charge >= 0.3 is 6.09 Å². The zero-order valence-electron chi connectivity index (χ0n) is 10.6. The minimum absolute atomic E-state index is 0.0328. The number of morpholine rings is 1. The quantitative estimate of drug-likeness (QED) is 0.762. The Hall–Kier alpha value is -1.30. The van der Waals surface area contributed by atoms with E-state index in [1.807, 2.05) is 0 Å². The lowest BCUT2D eigenvalue weighted by Gasteiger charge is -2.27. The predicted octanol–water partition coefficient (Wildman–Crippen LogP) is 0.370. The van der Waals surface area contributed by atoms with Gasteiger partial charge in [-0.1, -0.05) is 0 Å². The lowest BCUT2D eigenvalue weighted by atomic mass is 10.2. The summed E-state index contributed by atoms with van der Waals surface area (Å²) in [6.07, 6.45) is -0.570. The molecule has 1 aliphatic rings. The zero-order chi connectivity index (χ0) is 12.9. The van der Waals surface area contributed by atoms with Crippen LogP contribution in [-0.2, 0) is 14.3 Å². The molecule has 1 saturated heterocycles. The summed E-state index contributed by atoms with van der Waals surface area (Å²) < 4.78 is 10.2. The molecule has 6 heteroatoms. The van der Waals surface area contributed by atoms with Crippen molar-refractivity contribution >= 4 is 12.0 Å².